The van der Waals surface area contributed by atoms with Crippen LogP contribution >= 0.6 is 22.9 Å². The Morgan fingerprint density at radius 1 is 1.17 bits per heavy atom. The highest BCUT2D eigenvalue weighted by molar-refractivity contribution is 7.90. The minimum atomic E-state index is -3.48. The maximum atomic E-state index is 11.6. The Morgan fingerprint density at radius 3 is 2.62 bits per heavy atom. The summed E-state index contributed by atoms with van der Waals surface area (Å²) in [5.74, 6) is 0. The molecule has 9 heteroatoms. The van der Waals surface area contributed by atoms with Gasteiger partial charge in [-0.25, -0.2) is 23.4 Å². The van der Waals surface area contributed by atoms with Crippen LogP contribution in [0.3, 0.4) is 0 Å². The quantitative estimate of drug-likeness (QED) is 0.683. The molecular weight excluding hydrogens is 368 g/mol. The van der Waals surface area contributed by atoms with E-state index in [4.69, 9.17) is 11.6 Å². The molecule has 0 amide bonds. The number of nitrogens with one attached hydrogen (secondary N) is 1. The normalized spacial score (nSPS) is 11.4. The van der Waals surface area contributed by atoms with E-state index in [1.165, 1.54) is 17.5 Å². The molecule has 0 fully saturated rings. The Balaban J connectivity index is 1.80. The first-order valence-electron chi connectivity index (χ1n) is 6.90. The summed E-state index contributed by atoms with van der Waals surface area (Å²) in [6, 6.07) is 9.70. The Bertz CT molecular complexity index is 959. The Labute approximate surface area is 148 Å². The zero-order valence-electron chi connectivity index (χ0n) is 12.6. The zero-order valence-corrected chi connectivity index (χ0v) is 15.0. The number of benzene rings is 1. The van der Waals surface area contributed by atoms with Crippen molar-refractivity contribution in [2.75, 3.05) is 11.6 Å². The Hall–Kier alpha value is -2.03. The van der Waals surface area contributed by atoms with E-state index in [2.05, 4.69) is 20.3 Å². The molecule has 0 spiro atoms. The number of rotatable bonds is 5. The van der Waals surface area contributed by atoms with Gasteiger partial charge in [0, 0.05) is 29.4 Å². The number of aromatic nitrogens is 3. The van der Waals surface area contributed by atoms with Gasteiger partial charge in [-0.3, -0.25) is 0 Å². The minimum Gasteiger partial charge on any atom is -0.332 e. The highest BCUT2D eigenvalue weighted by Crippen LogP contribution is 2.26. The van der Waals surface area contributed by atoms with Crippen LogP contribution in [0.1, 0.15) is 10.6 Å². The van der Waals surface area contributed by atoms with Crippen molar-refractivity contribution >= 4 is 43.6 Å². The third-order valence-corrected chi connectivity index (χ3v) is 5.14. The van der Waals surface area contributed by atoms with Crippen molar-refractivity contribution in [1.82, 2.24) is 15.0 Å². The number of para-hydroxylation sites is 1. The molecule has 3 rings (SSSR count). The lowest BCUT2D eigenvalue weighted by molar-refractivity contribution is 0.592. The van der Waals surface area contributed by atoms with Crippen molar-refractivity contribution in [3.05, 3.63) is 58.3 Å². The summed E-state index contributed by atoms with van der Waals surface area (Å²) in [5.41, 5.74) is 1.40. The van der Waals surface area contributed by atoms with Crippen molar-refractivity contribution in [1.29, 1.82) is 0 Å². The molecule has 1 N–H and O–H groups in total. The van der Waals surface area contributed by atoms with Crippen LogP contribution in [0.2, 0.25) is 5.02 Å². The average Bonchev–Trinajstić information content (AvgIpc) is 2.96. The van der Waals surface area contributed by atoms with Gasteiger partial charge in [0.15, 0.2) is 5.13 Å². The maximum Gasteiger partial charge on any atom is 0.247 e. The largest absolute Gasteiger partial charge is 0.332 e. The lowest BCUT2D eigenvalue weighted by atomic mass is 10.3. The van der Waals surface area contributed by atoms with Gasteiger partial charge in [0.25, 0.3) is 0 Å². The van der Waals surface area contributed by atoms with Gasteiger partial charge in [-0.1, -0.05) is 29.8 Å². The first kappa shape index (κ1) is 16.8. The first-order valence-corrected chi connectivity index (χ1v) is 9.98. The summed E-state index contributed by atoms with van der Waals surface area (Å²) in [4.78, 5) is 13.0. The second-order valence-electron chi connectivity index (χ2n) is 5.02. The third kappa shape index (κ3) is 4.08. The van der Waals surface area contributed by atoms with E-state index in [9.17, 15) is 8.42 Å². The molecule has 0 unspecified atom stereocenters. The minimum absolute atomic E-state index is 0.228. The van der Waals surface area contributed by atoms with Gasteiger partial charge >= 0.3 is 0 Å². The number of anilines is 2. The summed E-state index contributed by atoms with van der Waals surface area (Å²) in [7, 11) is -3.48. The van der Waals surface area contributed by atoms with Crippen LogP contribution in [-0.2, 0) is 16.3 Å². The van der Waals surface area contributed by atoms with Gasteiger partial charge < -0.3 is 5.32 Å². The Kier molecular flexibility index (Phi) is 4.79. The molecule has 1 aromatic carbocycles. The zero-order chi connectivity index (χ0) is 17.2. The lowest BCUT2D eigenvalue weighted by Gasteiger charge is -2.03. The highest BCUT2D eigenvalue weighted by atomic mass is 35.5. The van der Waals surface area contributed by atoms with Crippen LogP contribution in [0, 0.1) is 0 Å². The smallest absolute Gasteiger partial charge is 0.247 e. The van der Waals surface area contributed by atoms with Gasteiger partial charge in [0.05, 0.1) is 16.9 Å². The lowest BCUT2D eigenvalue weighted by Crippen LogP contribution is -2.06. The van der Waals surface area contributed by atoms with E-state index in [-0.39, 0.29) is 5.16 Å². The summed E-state index contributed by atoms with van der Waals surface area (Å²) < 4.78 is 23.1. The van der Waals surface area contributed by atoms with Crippen molar-refractivity contribution in [2.24, 2.45) is 0 Å². The highest BCUT2D eigenvalue weighted by Gasteiger charge is 2.15. The SMILES string of the molecule is CS(=O)(=O)c1ncc(Cl)c(Cc2cnc(Nc3ccccc3)s2)n1. The van der Waals surface area contributed by atoms with Crippen molar-refractivity contribution < 1.29 is 8.42 Å². The van der Waals surface area contributed by atoms with E-state index < -0.39 is 9.84 Å². The Morgan fingerprint density at radius 2 is 1.92 bits per heavy atom. The number of sulfone groups is 1. The van der Waals surface area contributed by atoms with Crippen LogP contribution in [0.4, 0.5) is 10.8 Å². The van der Waals surface area contributed by atoms with Gasteiger partial charge in [-0.2, -0.15) is 0 Å². The molecule has 24 heavy (non-hydrogen) atoms. The fourth-order valence-electron chi connectivity index (χ4n) is 1.94. The standard InChI is InChI=1S/C15H13ClN4O2S2/c1-24(21,22)15-18-9-12(16)13(20-15)7-11-8-17-14(23-11)19-10-5-3-2-4-6-10/h2-6,8-9H,7H2,1H3,(H,17,19). The molecule has 0 saturated heterocycles. The van der Waals surface area contributed by atoms with Crippen LogP contribution < -0.4 is 5.32 Å². The fourth-order valence-corrected chi connectivity index (χ4v) is 3.46. The van der Waals surface area contributed by atoms with Crippen molar-refractivity contribution in [3.8, 4) is 0 Å². The van der Waals surface area contributed by atoms with Gasteiger partial charge in [-0.05, 0) is 12.1 Å². The van der Waals surface area contributed by atoms with E-state index in [0.717, 1.165) is 22.0 Å². The van der Waals surface area contributed by atoms with Crippen LogP contribution in [-0.4, -0.2) is 29.6 Å². The van der Waals surface area contributed by atoms with Crippen LogP contribution in [0.15, 0.2) is 47.9 Å². The molecule has 0 aliphatic heterocycles. The van der Waals surface area contributed by atoms with Crippen molar-refractivity contribution in [3.63, 3.8) is 0 Å². The van der Waals surface area contributed by atoms with Gasteiger partial charge in [-0.15, -0.1) is 11.3 Å². The summed E-state index contributed by atoms with van der Waals surface area (Å²) in [5, 5.41) is 4.05. The summed E-state index contributed by atoms with van der Waals surface area (Å²) in [6.45, 7) is 0. The second-order valence-corrected chi connectivity index (χ2v) is 8.45. The molecule has 0 aliphatic carbocycles. The van der Waals surface area contributed by atoms with Gasteiger partial charge in [0.1, 0.15) is 0 Å². The molecule has 124 valence electrons. The molecule has 0 atom stereocenters. The van der Waals surface area contributed by atoms with E-state index >= 15 is 0 Å². The average molecular weight is 381 g/mol. The number of hydrogen-bond donors (Lipinski definition) is 1. The van der Waals surface area contributed by atoms with E-state index in [1.54, 1.807) is 6.20 Å². The second kappa shape index (κ2) is 6.84. The molecule has 0 saturated carbocycles. The number of thiazole rings is 1. The summed E-state index contributed by atoms with van der Waals surface area (Å²) in [6.07, 6.45) is 4.48. The van der Waals surface area contributed by atoms with Crippen molar-refractivity contribution in [2.45, 2.75) is 11.6 Å². The topological polar surface area (TPSA) is 84.8 Å². The number of hydrogen-bond acceptors (Lipinski definition) is 7. The third-order valence-electron chi connectivity index (χ3n) is 3.05. The molecular formula is C15H13ClN4O2S2. The molecule has 0 bridgehead atoms. The predicted octanol–water partition coefficient (Wildman–Crippen LogP) is 3.32. The first-order chi connectivity index (χ1) is 11.4. The van der Waals surface area contributed by atoms with E-state index in [1.807, 2.05) is 30.3 Å². The molecule has 2 aromatic heterocycles. The molecule has 6 nitrogen and oxygen atoms in total. The molecule has 0 aliphatic rings. The van der Waals surface area contributed by atoms with Crippen LogP contribution in [0.25, 0.3) is 0 Å². The number of nitrogens with zero attached hydrogens (tertiary/aromatic N) is 3. The molecule has 0 radical (unpaired) electrons. The fraction of sp³-hybridized carbons (Fsp3) is 0.133. The van der Waals surface area contributed by atoms with Gasteiger partial charge in [0.2, 0.25) is 15.0 Å². The van der Waals surface area contributed by atoms with Crippen LogP contribution in [0.5, 0.6) is 0 Å². The maximum absolute atomic E-state index is 11.6. The number of halogens is 1. The summed E-state index contributed by atoms with van der Waals surface area (Å²) >= 11 is 7.54. The molecule has 2 heterocycles. The molecule has 3 aromatic rings. The monoisotopic (exact) mass is 380 g/mol. The predicted molar refractivity (Wildman–Crippen MR) is 94.8 cm³/mol. The van der Waals surface area contributed by atoms with E-state index in [0.29, 0.717) is 17.1 Å².